The molecule has 1 fully saturated rings. The Labute approximate surface area is 99.4 Å². The van der Waals surface area contributed by atoms with Crippen LogP contribution in [0, 0.1) is 11.8 Å². The molecule has 1 aliphatic carbocycles. The van der Waals surface area contributed by atoms with E-state index in [1.54, 1.807) is 0 Å². The predicted octanol–water partition coefficient (Wildman–Crippen LogP) is 1.93. The van der Waals surface area contributed by atoms with Crippen molar-refractivity contribution in [1.82, 2.24) is 0 Å². The van der Waals surface area contributed by atoms with Gasteiger partial charge < -0.3 is 15.6 Å². The van der Waals surface area contributed by atoms with Crippen molar-refractivity contribution in [2.75, 3.05) is 6.61 Å². The van der Waals surface area contributed by atoms with E-state index in [-0.39, 0.29) is 18.8 Å². The van der Waals surface area contributed by atoms with Crippen LogP contribution in [0.25, 0.3) is 0 Å². The molecule has 0 heterocycles. The molecular formula is C13H27NO2. The second-order valence-electron chi connectivity index (χ2n) is 5.57. The van der Waals surface area contributed by atoms with Crippen molar-refractivity contribution in [2.45, 2.75) is 64.7 Å². The van der Waals surface area contributed by atoms with Crippen LogP contribution >= 0.6 is 0 Å². The Balaban J connectivity index is 2.42. The SMILES string of the molecule is CC1CCCC(OC(CO)C(N)C(C)C)C1. The van der Waals surface area contributed by atoms with Crippen molar-refractivity contribution in [2.24, 2.45) is 17.6 Å². The highest BCUT2D eigenvalue weighted by Crippen LogP contribution is 2.27. The van der Waals surface area contributed by atoms with Crippen LogP contribution in [-0.2, 0) is 4.74 Å². The van der Waals surface area contributed by atoms with Gasteiger partial charge in [0, 0.05) is 6.04 Å². The third-order valence-electron chi connectivity index (χ3n) is 3.63. The van der Waals surface area contributed by atoms with E-state index in [0.29, 0.717) is 12.0 Å². The summed E-state index contributed by atoms with van der Waals surface area (Å²) in [6, 6.07) is -0.0674. The molecule has 0 radical (unpaired) electrons. The first kappa shape index (κ1) is 13.9. The summed E-state index contributed by atoms with van der Waals surface area (Å²) >= 11 is 0. The number of rotatable bonds is 5. The Morgan fingerprint density at radius 3 is 2.56 bits per heavy atom. The smallest absolute Gasteiger partial charge is 0.0962 e. The minimum absolute atomic E-state index is 0.0320. The van der Waals surface area contributed by atoms with Crippen LogP contribution in [-0.4, -0.2) is 30.0 Å². The van der Waals surface area contributed by atoms with E-state index >= 15 is 0 Å². The number of hydrogen-bond acceptors (Lipinski definition) is 3. The number of ether oxygens (including phenoxy) is 1. The second kappa shape index (κ2) is 6.58. The van der Waals surface area contributed by atoms with Crippen LogP contribution in [0.4, 0.5) is 0 Å². The number of aliphatic hydroxyl groups is 1. The van der Waals surface area contributed by atoms with Gasteiger partial charge in [-0.25, -0.2) is 0 Å². The summed E-state index contributed by atoms with van der Waals surface area (Å²) in [6.45, 7) is 6.44. The van der Waals surface area contributed by atoms with E-state index in [1.807, 2.05) is 0 Å². The fourth-order valence-electron chi connectivity index (χ4n) is 2.43. The predicted molar refractivity (Wildman–Crippen MR) is 66.2 cm³/mol. The lowest BCUT2D eigenvalue weighted by atomic mass is 9.88. The number of aliphatic hydroxyl groups excluding tert-OH is 1. The maximum Gasteiger partial charge on any atom is 0.0962 e. The number of nitrogens with two attached hydrogens (primary N) is 1. The normalized spacial score (nSPS) is 30.4. The standard InChI is InChI=1S/C13H27NO2/c1-9(2)13(14)12(8-15)16-11-6-4-5-10(3)7-11/h9-13,15H,4-8,14H2,1-3H3. The summed E-state index contributed by atoms with van der Waals surface area (Å²) < 4.78 is 5.96. The van der Waals surface area contributed by atoms with E-state index in [9.17, 15) is 5.11 Å². The molecule has 0 aromatic rings. The molecule has 4 atom stereocenters. The van der Waals surface area contributed by atoms with Crippen molar-refractivity contribution in [3.8, 4) is 0 Å². The van der Waals surface area contributed by atoms with Crippen molar-refractivity contribution >= 4 is 0 Å². The summed E-state index contributed by atoms with van der Waals surface area (Å²) in [6.07, 6.45) is 4.87. The average Bonchev–Trinajstić information content (AvgIpc) is 2.25. The molecule has 0 spiro atoms. The maximum absolute atomic E-state index is 9.34. The first-order valence-corrected chi connectivity index (χ1v) is 6.56. The molecule has 96 valence electrons. The Bertz CT molecular complexity index is 196. The minimum Gasteiger partial charge on any atom is -0.394 e. The summed E-state index contributed by atoms with van der Waals surface area (Å²) in [4.78, 5) is 0. The molecule has 0 amide bonds. The maximum atomic E-state index is 9.34. The quantitative estimate of drug-likeness (QED) is 0.757. The molecule has 3 heteroatoms. The van der Waals surface area contributed by atoms with Gasteiger partial charge in [0.05, 0.1) is 18.8 Å². The van der Waals surface area contributed by atoms with E-state index in [4.69, 9.17) is 10.5 Å². The lowest BCUT2D eigenvalue weighted by Crippen LogP contribution is -2.45. The van der Waals surface area contributed by atoms with Gasteiger partial charge in [-0.05, 0) is 24.7 Å². The Hall–Kier alpha value is -0.120. The molecule has 0 aromatic carbocycles. The molecule has 4 unspecified atom stereocenters. The van der Waals surface area contributed by atoms with Crippen molar-refractivity contribution in [3.05, 3.63) is 0 Å². The van der Waals surface area contributed by atoms with Gasteiger partial charge in [0.25, 0.3) is 0 Å². The molecule has 16 heavy (non-hydrogen) atoms. The molecule has 0 saturated heterocycles. The summed E-state index contributed by atoms with van der Waals surface area (Å²) in [5.74, 6) is 1.09. The highest BCUT2D eigenvalue weighted by atomic mass is 16.5. The van der Waals surface area contributed by atoms with Crippen molar-refractivity contribution < 1.29 is 9.84 Å². The van der Waals surface area contributed by atoms with Gasteiger partial charge in [-0.1, -0.05) is 33.6 Å². The van der Waals surface area contributed by atoms with Gasteiger partial charge in [-0.3, -0.25) is 0 Å². The van der Waals surface area contributed by atoms with Gasteiger partial charge >= 0.3 is 0 Å². The third kappa shape index (κ3) is 4.04. The molecule has 1 aliphatic rings. The van der Waals surface area contributed by atoms with E-state index in [2.05, 4.69) is 20.8 Å². The van der Waals surface area contributed by atoms with Crippen LogP contribution in [0.2, 0.25) is 0 Å². The summed E-state index contributed by atoms with van der Waals surface area (Å²) in [5, 5.41) is 9.34. The van der Waals surface area contributed by atoms with Crippen LogP contribution in [0.5, 0.6) is 0 Å². The van der Waals surface area contributed by atoms with Crippen molar-refractivity contribution in [1.29, 1.82) is 0 Å². The fraction of sp³-hybridized carbons (Fsp3) is 1.00. The first-order valence-electron chi connectivity index (χ1n) is 6.56. The van der Waals surface area contributed by atoms with Crippen LogP contribution in [0.15, 0.2) is 0 Å². The molecule has 1 saturated carbocycles. The highest BCUT2D eigenvalue weighted by Gasteiger charge is 2.27. The van der Waals surface area contributed by atoms with Crippen LogP contribution in [0.1, 0.15) is 46.5 Å². The monoisotopic (exact) mass is 229 g/mol. The van der Waals surface area contributed by atoms with Gasteiger partial charge in [0.15, 0.2) is 0 Å². The molecule has 0 aromatic heterocycles. The summed E-state index contributed by atoms with van der Waals surface area (Å²) in [7, 11) is 0. The zero-order chi connectivity index (χ0) is 12.1. The average molecular weight is 229 g/mol. The lowest BCUT2D eigenvalue weighted by molar-refractivity contribution is -0.0758. The zero-order valence-electron chi connectivity index (χ0n) is 10.9. The Morgan fingerprint density at radius 1 is 1.38 bits per heavy atom. The molecule has 3 nitrogen and oxygen atoms in total. The van der Waals surface area contributed by atoms with Crippen LogP contribution < -0.4 is 5.73 Å². The lowest BCUT2D eigenvalue weighted by Gasteiger charge is -2.33. The minimum atomic E-state index is -0.199. The second-order valence-corrected chi connectivity index (χ2v) is 5.57. The molecule has 0 bridgehead atoms. The fourth-order valence-corrected chi connectivity index (χ4v) is 2.43. The van der Waals surface area contributed by atoms with Gasteiger partial charge in [0.1, 0.15) is 0 Å². The number of hydrogen-bond donors (Lipinski definition) is 2. The Morgan fingerprint density at radius 2 is 2.06 bits per heavy atom. The molecule has 0 aliphatic heterocycles. The molecular weight excluding hydrogens is 202 g/mol. The molecule has 1 rings (SSSR count). The van der Waals surface area contributed by atoms with E-state index in [1.165, 1.54) is 12.8 Å². The largest absolute Gasteiger partial charge is 0.394 e. The topological polar surface area (TPSA) is 55.5 Å². The van der Waals surface area contributed by atoms with Gasteiger partial charge in [-0.15, -0.1) is 0 Å². The van der Waals surface area contributed by atoms with Crippen molar-refractivity contribution in [3.63, 3.8) is 0 Å². The van der Waals surface area contributed by atoms with Gasteiger partial charge in [0.2, 0.25) is 0 Å². The van der Waals surface area contributed by atoms with E-state index in [0.717, 1.165) is 18.8 Å². The van der Waals surface area contributed by atoms with E-state index < -0.39 is 0 Å². The van der Waals surface area contributed by atoms with Crippen LogP contribution in [0.3, 0.4) is 0 Å². The van der Waals surface area contributed by atoms with Gasteiger partial charge in [-0.2, -0.15) is 0 Å². The molecule has 3 N–H and O–H groups in total. The highest BCUT2D eigenvalue weighted by molar-refractivity contribution is 4.79. The first-order chi connectivity index (χ1) is 7.54. The summed E-state index contributed by atoms with van der Waals surface area (Å²) in [5.41, 5.74) is 6.04. The Kier molecular flexibility index (Phi) is 5.73. The third-order valence-corrected chi connectivity index (χ3v) is 3.63. The zero-order valence-corrected chi connectivity index (χ0v) is 10.9.